The number of fused-ring (bicyclic) bond motifs is 1. The van der Waals surface area contributed by atoms with Crippen LogP contribution in [0.1, 0.15) is 62.1 Å². The Bertz CT molecular complexity index is 1420. The fourth-order valence-electron chi connectivity index (χ4n) is 5.84. The number of amidine groups is 2. The van der Waals surface area contributed by atoms with Crippen LogP contribution in [0.15, 0.2) is 86.0 Å². The molecular weight excluding hydrogens is 510 g/mol. The van der Waals surface area contributed by atoms with E-state index in [1.165, 1.54) is 19.3 Å². The molecule has 2 heterocycles. The van der Waals surface area contributed by atoms with Gasteiger partial charge in [0.15, 0.2) is 0 Å². The number of hydrogen-bond acceptors (Lipinski definition) is 6. The van der Waals surface area contributed by atoms with E-state index in [4.69, 9.17) is 20.7 Å². The summed E-state index contributed by atoms with van der Waals surface area (Å²) in [4.78, 5) is 33.0. The number of carbonyl (C=O) groups is 2. The number of allylic oxidation sites excluding steroid dienone is 2. The van der Waals surface area contributed by atoms with Crippen LogP contribution in [0.25, 0.3) is 0 Å². The molecule has 208 valence electrons. The number of nitrogens with two attached hydrogens (primary N) is 2. The fourth-order valence-corrected chi connectivity index (χ4v) is 5.84. The first-order valence-electron chi connectivity index (χ1n) is 13.5. The summed E-state index contributed by atoms with van der Waals surface area (Å²) in [6.07, 6.45) is 13.3. The Morgan fingerprint density at radius 2 is 2.08 bits per heavy atom. The van der Waals surface area contributed by atoms with E-state index in [0.717, 1.165) is 29.9 Å². The highest BCUT2D eigenvalue weighted by atomic mass is 16.4. The predicted molar refractivity (Wildman–Crippen MR) is 148 cm³/mol. The van der Waals surface area contributed by atoms with E-state index in [1.54, 1.807) is 42.9 Å². The van der Waals surface area contributed by atoms with Gasteiger partial charge in [0.1, 0.15) is 23.7 Å². The number of carboxylic acids is 1. The molecule has 1 aliphatic heterocycles. The SMILES string of the molecule is CC12CC(C(=O)N[C@@H](Cc3cccc(C(=[NH2+])N=NN)c3)C(=O)O)=CC=C1N(C1CCCCC1)C(c1ccoc1)=N2. The Hall–Kier alpha value is -4.54. The zero-order valence-electron chi connectivity index (χ0n) is 22.4. The summed E-state index contributed by atoms with van der Waals surface area (Å²) in [5.41, 5.74) is 3.02. The van der Waals surface area contributed by atoms with Crippen LogP contribution in [0.5, 0.6) is 0 Å². The first-order chi connectivity index (χ1) is 19.3. The Kier molecular flexibility index (Phi) is 7.63. The lowest BCUT2D eigenvalue weighted by atomic mass is 9.84. The van der Waals surface area contributed by atoms with Gasteiger partial charge < -0.3 is 19.7 Å². The van der Waals surface area contributed by atoms with Gasteiger partial charge in [0.2, 0.25) is 5.91 Å². The van der Waals surface area contributed by atoms with Crippen molar-refractivity contribution < 1.29 is 24.5 Å². The molecule has 2 atom stereocenters. The Balaban J connectivity index is 1.36. The van der Waals surface area contributed by atoms with Crippen molar-refractivity contribution in [3.63, 3.8) is 0 Å². The molecule has 0 radical (unpaired) electrons. The Labute approximate surface area is 232 Å². The Morgan fingerprint density at radius 3 is 2.77 bits per heavy atom. The lowest BCUT2D eigenvalue weighted by Gasteiger charge is -2.38. The molecule has 2 aromatic rings. The number of benzene rings is 1. The van der Waals surface area contributed by atoms with E-state index in [-0.39, 0.29) is 12.3 Å². The number of amides is 1. The molecule has 0 saturated heterocycles. The minimum absolute atomic E-state index is 0.0614. The van der Waals surface area contributed by atoms with Gasteiger partial charge in [0.05, 0.1) is 22.5 Å². The average Bonchev–Trinajstić information content (AvgIpc) is 3.59. The molecule has 3 aliphatic rings. The molecule has 2 aliphatic carbocycles. The number of aliphatic imine (C=N–C) groups is 1. The van der Waals surface area contributed by atoms with Crippen molar-refractivity contribution in [2.75, 3.05) is 0 Å². The van der Waals surface area contributed by atoms with Gasteiger partial charge in [-0.3, -0.25) is 21.0 Å². The first-order valence-corrected chi connectivity index (χ1v) is 13.5. The summed E-state index contributed by atoms with van der Waals surface area (Å²) < 4.78 is 5.37. The van der Waals surface area contributed by atoms with E-state index in [2.05, 4.69) is 20.6 Å². The standard InChI is InChI=1S/C29H33N7O4/c1-29-16-20(27(37)32-23(28(38)39)15-18-6-5-7-19(14-18)25(30)34-35-31)10-11-24(29)36(22-8-3-2-4-9-22)26(33-29)21-12-13-40-17-21/h5-7,10-14,17,22-23H,2-4,8-9,15-16H2,1H3,(H,32,37)(H,38,39)(H3,30,31,34)/p+1/t23-,29?/m0/s1. The summed E-state index contributed by atoms with van der Waals surface area (Å²) in [7, 11) is 0. The molecule has 1 aromatic heterocycles. The number of aliphatic carboxylic acids is 1. The van der Waals surface area contributed by atoms with E-state index in [9.17, 15) is 14.7 Å². The van der Waals surface area contributed by atoms with Crippen LogP contribution in [0, 0.1) is 0 Å². The monoisotopic (exact) mass is 544 g/mol. The van der Waals surface area contributed by atoms with Crippen LogP contribution in [0.2, 0.25) is 0 Å². The third-order valence-electron chi connectivity index (χ3n) is 7.81. The molecule has 5 rings (SSSR count). The largest absolute Gasteiger partial charge is 0.480 e. The topological polar surface area (TPSA) is 171 Å². The molecule has 1 aromatic carbocycles. The molecule has 1 unspecified atom stereocenters. The second kappa shape index (κ2) is 11.3. The molecule has 11 heteroatoms. The number of nitrogens with zero attached hydrogens (tertiary/aromatic N) is 4. The average molecular weight is 545 g/mol. The molecule has 0 bridgehead atoms. The molecule has 1 amide bonds. The number of rotatable bonds is 8. The number of furan rings is 1. The normalized spacial score (nSPS) is 21.8. The van der Waals surface area contributed by atoms with Gasteiger partial charge in [-0.05, 0) is 49.6 Å². The van der Waals surface area contributed by atoms with Crippen LogP contribution in [-0.2, 0) is 16.0 Å². The van der Waals surface area contributed by atoms with Crippen molar-refractivity contribution in [2.45, 2.75) is 69.5 Å². The first kappa shape index (κ1) is 27.0. The van der Waals surface area contributed by atoms with Crippen molar-refractivity contribution >= 4 is 23.5 Å². The second-order valence-electron chi connectivity index (χ2n) is 10.7. The van der Waals surface area contributed by atoms with Gasteiger partial charge in [-0.2, -0.15) is 0 Å². The maximum absolute atomic E-state index is 13.4. The zero-order valence-corrected chi connectivity index (χ0v) is 22.4. The van der Waals surface area contributed by atoms with Crippen molar-refractivity contribution in [3.05, 3.63) is 83.0 Å². The van der Waals surface area contributed by atoms with E-state index in [1.807, 2.05) is 19.1 Å². The number of nitrogens with one attached hydrogen (secondary N) is 1. The lowest BCUT2D eigenvalue weighted by molar-refractivity contribution is -0.141. The highest BCUT2D eigenvalue weighted by Gasteiger charge is 2.46. The maximum atomic E-state index is 13.4. The Morgan fingerprint density at radius 1 is 1.27 bits per heavy atom. The third kappa shape index (κ3) is 5.45. The highest BCUT2D eigenvalue weighted by Crippen LogP contribution is 2.44. The minimum Gasteiger partial charge on any atom is -0.480 e. The van der Waals surface area contributed by atoms with Crippen LogP contribution < -0.4 is 16.6 Å². The molecule has 1 fully saturated rings. The van der Waals surface area contributed by atoms with Gasteiger partial charge in [0, 0.05) is 35.4 Å². The lowest BCUT2D eigenvalue weighted by Crippen LogP contribution is -2.45. The number of carboxylic acid groups (broad SMARTS) is 1. The van der Waals surface area contributed by atoms with E-state index in [0.29, 0.717) is 29.2 Å². The maximum Gasteiger partial charge on any atom is 0.350 e. The molecule has 11 nitrogen and oxygen atoms in total. The highest BCUT2D eigenvalue weighted by molar-refractivity contribution is 6.03. The van der Waals surface area contributed by atoms with Crippen LogP contribution >= 0.6 is 0 Å². The summed E-state index contributed by atoms with van der Waals surface area (Å²) in [6.45, 7) is 2.03. The predicted octanol–water partition coefficient (Wildman–Crippen LogP) is 2.29. The van der Waals surface area contributed by atoms with Crippen LogP contribution in [-0.4, -0.2) is 51.2 Å². The number of carbonyl (C=O) groups excluding carboxylic acids is 1. The van der Waals surface area contributed by atoms with Crippen molar-refractivity contribution in [1.82, 2.24) is 10.2 Å². The van der Waals surface area contributed by atoms with Gasteiger partial charge in [-0.1, -0.05) is 37.5 Å². The second-order valence-corrected chi connectivity index (χ2v) is 10.7. The van der Waals surface area contributed by atoms with E-state index < -0.39 is 23.5 Å². The minimum atomic E-state index is -1.15. The zero-order chi connectivity index (χ0) is 28.3. The van der Waals surface area contributed by atoms with Gasteiger partial charge in [-0.25, -0.2) is 4.79 Å². The summed E-state index contributed by atoms with van der Waals surface area (Å²) >= 11 is 0. The van der Waals surface area contributed by atoms with Gasteiger partial charge >= 0.3 is 11.8 Å². The summed E-state index contributed by atoms with van der Waals surface area (Å²) in [5, 5.41) is 25.3. The van der Waals surface area contributed by atoms with Crippen LogP contribution in [0.3, 0.4) is 0 Å². The van der Waals surface area contributed by atoms with Crippen LogP contribution in [0.4, 0.5) is 0 Å². The van der Waals surface area contributed by atoms with Crippen molar-refractivity contribution in [1.29, 1.82) is 0 Å². The fraction of sp³-hybridized carbons (Fsp3) is 0.379. The summed E-state index contributed by atoms with van der Waals surface area (Å²) in [5.74, 6) is 4.48. The van der Waals surface area contributed by atoms with Crippen molar-refractivity contribution in [2.24, 2.45) is 21.2 Å². The van der Waals surface area contributed by atoms with Gasteiger partial charge in [0.25, 0.3) is 0 Å². The van der Waals surface area contributed by atoms with Crippen molar-refractivity contribution in [3.8, 4) is 0 Å². The molecule has 40 heavy (non-hydrogen) atoms. The molecule has 1 saturated carbocycles. The smallest absolute Gasteiger partial charge is 0.350 e. The number of hydrogen-bond donors (Lipinski definition) is 4. The quantitative estimate of drug-likeness (QED) is 0.131. The molecule has 6 N–H and O–H groups in total. The molecular formula is C29H34N7O4+. The third-order valence-corrected chi connectivity index (χ3v) is 7.81. The van der Waals surface area contributed by atoms with Gasteiger partial charge in [-0.15, -0.1) is 0 Å². The summed E-state index contributed by atoms with van der Waals surface area (Å²) in [6, 6.07) is 8.01. The molecule has 0 spiro atoms. The van der Waals surface area contributed by atoms with E-state index >= 15 is 0 Å².